The Bertz CT molecular complexity index is 699. The number of carbonyl (C=O) groups excluding carboxylic acids is 2. The number of nitrogens with zero attached hydrogens (tertiary/aromatic N) is 2. The van der Waals surface area contributed by atoms with Crippen LogP contribution < -0.4 is 0 Å². The van der Waals surface area contributed by atoms with Crippen LogP contribution in [0.15, 0.2) is 22.8 Å². The Kier molecular flexibility index (Phi) is 5.43. The lowest BCUT2D eigenvalue weighted by Gasteiger charge is -2.39. The van der Waals surface area contributed by atoms with Gasteiger partial charge in [0.15, 0.2) is 0 Å². The molecule has 28 heavy (non-hydrogen) atoms. The molecular formula is C21H28F2N2O3. The second-order valence-electron chi connectivity index (χ2n) is 8.72. The van der Waals surface area contributed by atoms with Gasteiger partial charge in [-0.05, 0) is 49.1 Å². The van der Waals surface area contributed by atoms with Crippen LogP contribution in [-0.4, -0.2) is 53.7 Å². The van der Waals surface area contributed by atoms with Crippen LogP contribution in [0.1, 0.15) is 44.3 Å². The molecular weight excluding hydrogens is 366 g/mol. The second kappa shape index (κ2) is 7.84. The van der Waals surface area contributed by atoms with Gasteiger partial charge in [-0.1, -0.05) is 0 Å². The molecule has 1 aliphatic carbocycles. The number of hydrogen-bond donors (Lipinski definition) is 0. The van der Waals surface area contributed by atoms with E-state index in [1.54, 1.807) is 12.3 Å². The zero-order valence-corrected chi connectivity index (χ0v) is 16.1. The van der Waals surface area contributed by atoms with Crippen LogP contribution in [0.25, 0.3) is 0 Å². The topological polar surface area (TPSA) is 53.8 Å². The summed E-state index contributed by atoms with van der Waals surface area (Å²) in [5.74, 6) is -1.13. The van der Waals surface area contributed by atoms with Gasteiger partial charge in [0.05, 0.1) is 12.7 Å². The molecule has 1 saturated carbocycles. The summed E-state index contributed by atoms with van der Waals surface area (Å²) in [4.78, 5) is 28.8. The first-order valence-corrected chi connectivity index (χ1v) is 10.4. The third-order valence-electron chi connectivity index (χ3n) is 6.60. The van der Waals surface area contributed by atoms with Crippen molar-refractivity contribution in [2.45, 2.75) is 50.9 Å². The Morgan fingerprint density at radius 1 is 1.07 bits per heavy atom. The highest BCUT2D eigenvalue weighted by molar-refractivity contribution is 5.78. The number of rotatable bonds is 5. The summed E-state index contributed by atoms with van der Waals surface area (Å²) in [6.45, 7) is 2.92. The van der Waals surface area contributed by atoms with Gasteiger partial charge in [0, 0.05) is 45.4 Å². The van der Waals surface area contributed by atoms with Crippen molar-refractivity contribution in [3.8, 4) is 0 Å². The second-order valence-corrected chi connectivity index (χ2v) is 8.72. The molecule has 7 heteroatoms. The highest BCUT2D eigenvalue weighted by Crippen LogP contribution is 2.44. The number of hydrogen-bond acceptors (Lipinski definition) is 3. The minimum atomic E-state index is -2.56. The molecule has 3 aliphatic rings. The molecule has 1 aromatic heterocycles. The maximum atomic E-state index is 13.0. The van der Waals surface area contributed by atoms with Crippen LogP contribution in [0.3, 0.4) is 0 Å². The molecule has 0 bridgehead atoms. The normalized spacial score (nSPS) is 27.6. The summed E-state index contributed by atoms with van der Waals surface area (Å²) in [6, 6.07) is 3.60. The van der Waals surface area contributed by atoms with Crippen molar-refractivity contribution in [3.63, 3.8) is 0 Å². The summed E-state index contributed by atoms with van der Waals surface area (Å²) in [5, 5.41) is 0. The molecule has 2 saturated heterocycles. The number of furan rings is 1. The smallest absolute Gasteiger partial charge is 0.248 e. The van der Waals surface area contributed by atoms with Crippen molar-refractivity contribution in [1.29, 1.82) is 0 Å². The maximum Gasteiger partial charge on any atom is 0.248 e. The fourth-order valence-corrected chi connectivity index (χ4v) is 5.00. The fourth-order valence-electron chi connectivity index (χ4n) is 5.00. The average Bonchev–Trinajstić information content (AvgIpc) is 3.32. The number of halogens is 2. The quantitative estimate of drug-likeness (QED) is 0.770. The van der Waals surface area contributed by atoms with E-state index in [-0.39, 0.29) is 37.0 Å². The Hall–Kier alpha value is -1.92. The number of amides is 2. The molecule has 0 aromatic carbocycles. The number of carbonyl (C=O) groups is 2. The SMILES string of the molecule is O=C(Cc1ccco1)N1CCC(C2CCCN(C(=O)CC3CC(F)(F)C3)C2)C1. The molecule has 2 unspecified atom stereocenters. The molecule has 1 aromatic rings. The van der Waals surface area contributed by atoms with Gasteiger partial charge in [-0.15, -0.1) is 0 Å². The Morgan fingerprint density at radius 2 is 1.79 bits per heavy atom. The van der Waals surface area contributed by atoms with Crippen molar-refractivity contribution in [3.05, 3.63) is 24.2 Å². The minimum Gasteiger partial charge on any atom is -0.469 e. The third kappa shape index (κ3) is 4.39. The first-order valence-electron chi connectivity index (χ1n) is 10.4. The Labute approximate surface area is 164 Å². The number of likely N-dealkylation sites (tertiary alicyclic amines) is 2. The Morgan fingerprint density at radius 3 is 2.46 bits per heavy atom. The van der Waals surface area contributed by atoms with Crippen molar-refractivity contribution < 1.29 is 22.8 Å². The molecule has 2 atom stereocenters. The van der Waals surface area contributed by atoms with Gasteiger partial charge in [0.2, 0.25) is 17.7 Å². The van der Waals surface area contributed by atoms with Crippen LogP contribution in [0.4, 0.5) is 8.78 Å². The Balaban J connectivity index is 1.25. The number of piperidine rings is 1. The molecule has 3 fully saturated rings. The lowest BCUT2D eigenvalue weighted by molar-refractivity contribution is -0.144. The zero-order valence-electron chi connectivity index (χ0n) is 16.1. The molecule has 0 N–H and O–H groups in total. The molecule has 154 valence electrons. The molecule has 4 rings (SSSR count). The predicted molar refractivity (Wildman–Crippen MR) is 98.7 cm³/mol. The van der Waals surface area contributed by atoms with Crippen molar-refractivity contribution in [2.75, 3.05) is 26.2 Å². The molecule has 5 nitrogen and oxygen atoms in total. The van der Waals surface area contributed by atoms with Crippen LogP contribution in [0.2, 0.25) is 0 Å². The van der Waals surface area contributed by atoms with Gasteiger partial charge >= 0.3 is 0 Å². The highest BCUT2D eigenvalue weighted by Gasteiger charge is 2.46. The van der Waals surface area contributed by atoms with E-state index in [0.717, 1.165) is 38.9 Å². The van der Waals surface area contributed by atoms with Crippen molar-refractivity contribution in [2.24, 2.45) is 17.8 Å². The maximum absolute atomic E-state index is 13.0. The van der Waals surface area contributed by atoms with Crippen molar-refractivity contribution >= 4 is 11.8 Å². The molecule has 2 aliphatic heterocycles. The monoisotopic (exact) mass is 394 g/mol. The first-order chi connectivity index (χ1) is 13.4. The predicted octanol–water partition coefficient (Wildman–Crippen LogP) is 3.34. The third-order valence-corrected chi connectivity index (χ3v) is 6.60. The summed E-state index contributed by atoms with van der Waals surface area (Å²) in [6.07, 6.45) is 4.81. The minimum absolute atomic E-state index is 0.0222. The fraction of sp³-hybridized carbons (Fsp3) is 0.714. The van der Waals surface area contributed by atoms with Gasteiger partial charge in [-0.2, -0.15) is 0 Å². The van der Waals surface area contributed by atoms with Crippen LogP contribution in [-0.2, 0) is 16.0 Å². The lowest BCUT2D eigenvalue weighted by atomic mass is 9.78. The van der Waals surface area contributed by atoms with E-state index < -0.39 is 5.92 Å². The van der Waals surface area contributed by atoms with Gasteiger partial charge in [0.1, 0.15) is 5.76 Å². The van der Waals surface area contributed by atoms with E-state index in [4.69, 9.17) is 4.42 Å². The molecule has 2 amide bonds. The summed E-state index contributed by atoms with van der Waals surface area (Å²) >= 11 is 0. The van der Waals surface area contributed by atoms with E-state index in [1.807, 2.05) is 15.9 Å². The van der Waals surface area contributed by atoms with E-state index >= 15 is 0 Å². The average molecular weight is 394 g/mol. The zero-order chi connectivity index (χ0) is 19.7. The standard InChI is InChI=1S/C21H28F2N2O3/c22-21(23)11-15(12-21)9-19(26)24-6-1-3-16(13-24)17-5-7-25(14-17)20(27)10-18-4-2-8-28-18/h2,4,8,15-17H,1,3,5-7,9-14H2. The van der Waals surface area contributed by atoms with E-state index in [2.05, 4.69) is 0 Å². The van der Waals surface area contributed by atoms with Crippen molar-refractivity contribution in [1.82, 2.24) is 9.80 Å². The first kappa shape index (κ1) is 19.4. The highest BCUT2D eigenvalue weighted by atomic mass is 19.3. The molecule has 0 spiro atoms. The van der Waals surface area contributed by atoms with Crippen LogP contribution >= 0.6 is 0 Å². The molecule has 3 heterocycles. The van der Waals surface area contributed by atoms with Crippen LogP contribution in [0, 0.1) is 17.8 Å². The molecule has 0 radical (unpaired) electrons. The summed E-state index contributed by atoms with van der Waals surface area (Å²) < 4.78 is 31.3. The van der Waals surface area contributed by atoms with Crippen LogP contribution in [0.5, 0.6) is 0 Å². The van der Waals surface area contributed by atoms with Gasteiger partial charge in [-0.3, -0.25) is 9.59 Å². The van der Waals surface area contributed by atoms with E-state index in [9.17, 15) is 18.4 Å². The summed E-state index contributed by atoms with van der Waals surface area (Å²) in [7, 11) is 0. The number of alkyl halides is 2. The van der Waals surface area contributed by atoms with Gasteiger partial charge in [0.25, 0.3) is 0 Å². The lowest BCUT2D eigenvalue weighted by Crippen LogP contribution is -2.45. The van der Waals surface area contributed by atoms with E-state index in [1.165, 1.54) is 0 Å². The van der Waals surface area contributed by atoms with Gasteiger partial charge < -0.3 is 14.2 Å². The summed E-state index contributed by atoms with van der Waals surface area (Å²) in [5.41, 5.74) is 0. The largest absolute Gasteiger partial charge is 0.469 e. The van der Waals surface area contributed by atoms with Gasteiger partial charge in [-0.25, -0.2) is 8.78 Å². The van der Waals surface area contributed by atoms with E-state index in [0.29, 0.717) is 30.6 Å².